The Labute approximate surface area is 139 Å². The van der Waals surface area contributed by atoms with Gasteiger partial charge in [-0.2, -0.15) is 0 Å². The number of hydrogen-bond acceptors (Lipinski definition) is 3. The van der Waals surface area contributed by atoms with Gasteiger partial charge in [-0.05, 0) is 51.4 Å². The van der Waals surface area contributed by atoms with Crippen LogP contribution in [0.15, 0.2) is 30.3 Å². The van der Waals surface area contributed by atoms with Gasteiger partial charge in [0.2, 0.25) is 5.91 Å². The van der Waals surface area contributed by atoms with Gasteiger partial charge in [-0.3, -0.25) is 9.69 Å². The van der Waals surface area contributed by atoms with E-state index in [-0.39, 0.29) is 5.91 Å². The molecule has 1 amide bonds. The molecule has 126 valence electrons. The van der Waals surface area contributed by atoms with Crippen molar-refractivity contribution in [1.29, 1.82) is 0 Å². The molecule has 2 saturated heterocycles. The summed E-state index contributed by atoms with van der Waals surface area (Å²) in [6.07, 6.45) is 4.68. The Morgan fingerprint density at radius 3 is 2.61 bits per heavy atom. The number of nitrogens with zero attached hydrogens (tertiary/aromatic N) is 2. The summed E-state index contributed by atoms with van der Waals surface area (Å²) in [5, 5.41) is 3.11. The molecular formula is C19H29N3O. The summed E-state index contributed by atoms with van der Waals surface area (Å²) in [5.41, 5.74) is 1.73. The summed E-state index contributed by atoms with van der Waals surface area (Å²) in [6.45, 7) is 6.10. The zero-order chi connectivity index (χ0) is 16.3. The fraction of sp³-hybridized carbons (Fsp3) is 0.632. The van der Waals surface area contributed by atoms with Crippen LogP contribution in [0.4, 0.5) is 0 Å². The quantitative estimate of drug-likeness (QED) is 0.922. The van der Waals surface area contributed by atoms with Crippen LogP contribution >= 0.6 is 0 Å². The highest BCUT2D eigenvalue weighted by molar-refractivity contribution is 5.73. The van der Waals surface area contributed by atoms with Crippen molar-refractivity contribution in [3.05, 3.63) is 35.9 Å². The van der Waals surface area contributed by atoms with E-state index in [9.17, 15) is 4.79 Å². The van der Waals surface area contributed by atoms with Crippen molar-refractivity contribution in [3.63, 3.8) is 0 Å². The lowest BCUT2D eigenvalue weighted by molar-refractivity contribution is -0.119. The number of rotatable bonds is 4. The van der Waals surface area contributed by atoms with Crippen LogP contribution in [-0.2, 0) is 11.2 Å². The monoisotopic (exact) mass is 315 g/mol. The lowest BCUT2D eigenvalue weighted by Crippen LogP contribution is -2.51. The van der Waals surface area contributed by atoms with Crippen LogP contribution in [0.3, 0.4) is 0 Å². The number of amides is 1. The molecule has 1 aromatic rings. The molecule has 1 aromatic carbocycles. The number of likely N-dealkylation sites (N-methyl/N-ethyl adjacent to an activating group) is 1. The minimum atomic E-state index is 0.0979. The number of piperidine rings is 1. The molecule has 23 heavy (non-hydrogen) atoms. The fourth-order valence-electron chi connectivity index (χ4n) is 4.30. The first kappa shape index (κ1) is 16.5. The van der Waals surface area contributed by atoms with Gasteiger partial charge in [-0.25, -0.2) is 0 Å². The van der Waals surface area contributed by atoms with Gasteiger partial charge >= 0.3 is 0 Å². The lowest BCUT2D eigenvalue weighted by Gasteiger charge is -2.43. The minimum absolute atomic E-state index is 0.0979. The molecule has 0 unspecified atom stereocenters. The predicted octanol–water partition coefficient (Wildman–Crippen LogP) is 1.90. The molecule has 0 radical (unpaired) electrons. The lowest BCUT2D eigenvalue weighted by atomic mass is 9.84. The molecule has 1 atom stereocenters. The maximum Gasteiger partial charge on any atom is 0.217 e. The number of nitrogens with one attached hydrogen (secondary N) is 1. The van der Waals surface area contributed by atoms with Gasteiger partial charge in [0.15, 0.2) is 0 Å². The first-order valence-electron chi connectivity index (χ1n) is 8.82. The molecule has 0 saturated carbocycles. The third kappa shape index (κ3) is 3.93. The van der Waals surface area contributed by atoms with E-state index in [4.69, 9.17) is 0 Å². The molecule has 0 aliphatic carbocycles. The first-order valence-corrected chi connectivity index (χ1v) is 8.82. The average Bonchev–Trinajstić information content (AvgIpc) is 2.82. The van der Waals surface area contributed by atoms with E-state index < -0.39 is 0 Å². The van der Waals surface area contributed by atoms with E-state index in [1.807, 2.05) is 0 Å². The van der Waals surface area contributed by atoms with Crippen LogP contribution in [0.2, 0.25) is 0 Å². The summed E-state index contributed by atoms with van der Waals surface area (Å²) < 4.78 is 0. The summed E-state index contributed by atoms with van der Waals surface area (Å²) in [6, 6.07) is 11.1. The molecule has 2 fully saturated rings. The van der Waals surface area contributed by atoms with E-state index in [1.54, 1.807) is 6.92 Å². The van der Waals surface area contributed by atoms with Crippen molar-refractivity contribution >= 4 is 5.91 Å². The highest BCUT2D eigenvalue weighted by Gasteiger charge is 2.45. The molecule has 4 heteroatoms. The molecule has 1 spiro atoms. The van der Waals surface area contributed by atoms with Crippen molar-refractivity contribution < 1.29 is 4.79 Å². The molecule has 3 rings (SSSR count). The van der Waals surface area contributed by atoms with Gasteiger partial charge in [0.05, 0.1) is 0 Å². The smallest absolute Gasteiger partial charge is 0.217 e. The molecular weight excluding hydrogens is 286 g/mol. The topological polar surface area (TPSA) is 35.6 Å². The maximum absolute atomic E-state index is 11.3. The van der Waals surface area contributed by atoms with Crippen LogP contribution in [0.5, 0.6) is 0 Å². The van der Waals surface area contributed by atoms with E-state index >= 15 is 0 Å². The molecule has 1 N–H and O–H groups in total. The summed E-state index contributed by atoms with van der Waals surface area (Å²) >= 11 is 0. The molecule has 2 aliphatic heterocycles. The van der Waals surface area contributed by atoms with E-state index in [2.05, 4.69) is 52.5 Å². The van der Waals surface area contributed by atoms with Gasteiger partial charge < -0.3 is 10.2 Å². The molecule has 4 nitrogen and oxygen atoms in total. The molecule has 0 aromatic heterocycles. The Balaban J connectivity index is 1.49. The van der Waals surface area contributed by atoms with Crippen LogP contribution in [0.1, 0.15) is 31.7 Å². The zero-order valence-corrected chi connectivity index (χ0v) is 14.4. The highest BCUT2D eigenvalue weighted by atomic mass is 16.1. The fourth-order valence-corrected chi connectivity index (χ4v) is 4.30. The van der Waals surface area contributed by atoms with Gasteiger partial charge in [0.25, 0.3) is 0 Å². The van der Waals surface area contributed by atoms with Crippen molar-refractivity contribution in [2.24, 2.45) is 0 Å². The number of carbonyl (C=O) groups is 1. The second-order valence-electron chi connectivity index (χ2n) is 7.28. The average molecular weight is 315 g/mol. The number of benzene rings is 1. The zero-order valence-electron chi connectivity index (χ0n) is 14.4. The van der Waals surface area contributed by atoms with Gasteiger partial charge in [0.1, 0.15) is 0 Å². The SMILES string of the molecule is CC(=O)N[C@H]1CN(C)C2(CCN(CCc3ccccc3)CC2)C1. The van der Waals surface area contributed by atoms with Gasteiger partial charge in [0, 0.05) is 31.6 Å². The van der Waals surface area contributed by atoms with Crippen LogP contribution in [0, 0.1) is 0 Å². The Morgan fingerprint density at radius 1 is 1.26 bits per heavy atom. The highest BCUT2D eigenvalue weighted by Crippen LogP contribution is 2.37. The van der Waals surface area contributed by atoms with Crippen molar-refractivity contribution in [2.75, 3.05) is 33.2 Å². The number of hydrogen-bond donors (Lipinski definition) is 1. The van der Waals surface area contributed by atoms with E-state index in [0.717, 1.165) is 25.9 Å². The molecule has 0 bridgehead atoms. The van der Waals surface area contributed by atoms with E-state index in [1.165, 1.54) is 31.5 Å². The second-order valence-corrected chi connectivity index (χ2v) is 7.28. The van der Waals surface area contributed by atoms with Gasteiger partial charge in [-0.1, -0.05) is 30.3 Å². The number of likely N-dealkylation sites (tertiary alicyclic amines) is 2. The van der Waals surface area contributed by atoms with E-state index in [0.29, 0.717) is 11.6 Å². The van der Waals surface area contributed by atoms with Gasteiger partial charge in [-0.15, -0.1) is 0 Å². The summed E-state index contributed by atoms with van der Waals surface area (Å²) in [4.78, 5) is 16.4. The maximum atomic E-state index is 11.3. The molecule has 2 heterocycles. The first-order chi connectivity index (χ1) is 11.1. The van der Waals surface area contributed by atoms with Crippen LogP contribution < -0.4 is 5.32 Å². The Kier molecular flexibility index (Phi) is 5.02. The normalized spacial score (nSPS) is 24.9. The third-order valence-electron chi connectivity index (χ3n) is 5.68. The Hall–Kier alpha value is -1.39. The summed E-state index contributed by atoms with van der Waals surface area (Å²) in [7, 11) is 2.22. The van der Waals surface area contributed by atoms with Crippen molar-refractivity contribution in [3.8, 4) is 0 Å². The second kappa shape index (κ2) is 7.02. The van der Waals surface area contributed by atoms with Crippen molar-refractivity contribution in [2.45, 2.75) is 44.2 Å². The predicted molar refractivity (Wildman–Crippen MR) is 93.4 cm³/mol. The van der Waals surface area contributed by atoms with Crippen LogP contribution in [-0.4, -0.2) is 60.5 Å². The molecule has 2 aliphatic rings. The Bertz CT molecular complexity index is 523. The summed E-state index contributed by atoms with van der Waals surface area (Å²) in [5.74, 6) is 0.0979. The number of carbonyl (C=O) groups excluding carboxylic acids is 1. The third-order valence-corrected chi connectivity index (χ3v) is 5.68. The Morgan fingerprint density at radius 2 is 1.96 bits per heavy atom. The minimum Gasteiger partial charge on any atom is -0.352 e. The van der Waals surface area contributed by atoms with Crippen LogP contribution in [0.25, 0.3) is 0 Å². The standard InChI is InChI=1S/C19H29N3O/c1-16(23)20-18-14-19(21(2)15-18)9-12-22(13-10-19)11-8-17-6-4-3-5-7-17/h3-7,18H,8-15H2,1-2H3,(H,20,23)/t18-/m1/s1. The van der Waals surface area contributed by atoms with Crippen molar-refractivity contribution in [1.82, 2.24) is 15.1 Å². The largest absolute Gasteiger partial charge is 0.352 e.